The van der Waals surface area contributed by atoms with Crippen molar-refractivity contribution in [3.8, 4) is 0 Å². The summed E-state index contributed by atoms with van der Waals surface area (Å²) in [5, 5.41) is 5.16. The quantitative estimate of drug-likeness (QED) is 0.908. The predicted octanol–water partition coefficient (Wildman–Crippen LogP) is 1.69. The molecule has 3 nitrogen and oxygen atoms in total. The molecule has 0 atom stereocenters. The summed E-state index contributed by atoms with van der Waals surface area (Å²) >= 11 is 5.04. The van der Waals surface area contributed by atoms with Crippen molar-refractivity contribution in [2.45, 2.75) is 6.54 Å². The van der Waals surface area contributed by atoms with Crippen molar-refractivity contribution in [1.82, 2.24) is 10.2 Å². The number of thiophene rings is 1. The first-order valence-electron chi connectivity index (χ1n) is 4.23. The van der Waals surface area contributed by atoms with Gasteiger partial charge in [0, 0.05) is 20.6 Å². The van der Waals surface area contributed by atoms with Gasteiger partial charge in [0.05, 0.1) is 10.3 Å². The Kier molecular flexibility index (Phi) is 4.57. The van der Waals surface area contributed by atoms with Crippen LogP contribution < -0.4 is 5.32 Å². The van der Waals surface area contributed by atoms with Crippen molar-refractivity contribution in [2.24, 2.45) is 0 Å². The third-order valence-electron chi connectivity index (χ3n) is 1.73. The minimum Gasteiger partial charge on any atom is -0.348 e. The van der Waals surface area contributed by atoms with Crippen LogP contribution in [0.1, 0.15) is 5.56 Å². The number of hydrogen-bond donors (Lipinski definition) is 1. The Balaban J connectivity index is 2.25. The van der Waals surface area contributed by atoms with Crippen molar-refractivity contribution in [3.63, 3.8) is 0 Å². The van der Waals surface area contributed by atoms with E-state index in [4.69, 9.17) is 0 Å². The first-order chi connectivity index (χ1) is 6.59. The van der Waals surface area contributed by atoms with Crippen LogP contribution in [0.25, 0.3) is 0 Å². The van der Waals surface area contributed by atoms with Crippen molar-refractivity contribution < 1.29 is 4.79 Å². The monoisotopic (exact) mass is 276 g/mol. The molecule has 0 aliphatic carbocycles. The number of carbonyl (C=O) groups excluding carboxylic acids is 1. The Morgan fingerprint density at radius 2 is 2.36 bits per heavy atom. The summed E-state index contributed by atoms with van der Waals surface area (Å²) in [6.07, 6.45) is 0. The number of hydrogen-bond acceptors (Lipinski definition) is 3. The summed E-state index contributed by atoms with van der Waals surface area (Å²) in [5.74, 6) is 0.0966. The smallest absolute Gasteiger partial charge is 0.236 e. The fourth-order valence-corrected chi connectivity index (χ4v) is 2.12. The van der Waals surface area contributed by atoms with Crippen LogP contribution in [0.4, 0.5) is 0 Å². The van der Waals surface area contributed by atoms with Crippen molar-refractivity contribution >= 4 is 33.2 Å². The van der Waals surface area contributed by atoms with Crippen molar-refractivity contribution in [2.75, 3.05) is 20.6 Å². The number of carbonyl (C=O) groups is 1. The molecule has 0 bridgehead atoms. The van der Waals surface area contributed by atoms with Gasteiger partial charge in [0.1, 0.15) is 0 Å². The molecule has 0 aliphatic rings. The highest BCUT2D eigenvalue weighted by molar-refractivity contribution is 9.11. The van der Waals surface area contributed by atoms with E-state index in [1.54, 1.807) is 30.3 Å². The van der Waals surface area contributed by atoms with Crippen LogP contribution in [0, 0.1) is 0 Å². The van der Waals surface area contributed by atoms with E-state index in [0.29, 0.717) is 6.54 Å². The highest BCUT2D eigenvalue weighted by Crippen LogP contribution is 2.20. The van der Waals surface area contributed by atoms with E-state index in [1.807, 2.05) is 0 Å². The van der Waals surface area contributed by atoms with Crippen LogP contribution in [0.2, 0.25) is 0 Å². The van der Waals surface area contributed by atoms with Crippen molar-refractivity contribution in [3.05, 3.63) is 20.8 Å². The number of nitrogens with one attached hydrogen (secondary N) is 1. The Morgan fingerprint density at radius 3 is 2.86 bits per heavy atom. The van der Waals surface area contributed by atoms with Crippen LogP contribution in [-0.4, -0.2) is 31.4 Å². The van der Waals surface area contributed by atoms with Gasteiger partial charge < -0.3 is 10.2 Å². The van der Waals surface area contributed by atoms with Crippen LogP contribution in [0.5, 0.6) is 0 Å². The van der Waals surface area contributed by atoms with Gasteiger partial charge in [0.15, 0.2) is 0 Å². The third kappa shape index (κ3) is 3.77. The van der Waals surface area contributed by atoms with Gasteiger partial charge in [-0.2, -0.15) is 0 Å². The zero-order chi connectivity index (χ0) is 10.6. The van der Waals surface area contributed by atoms with Gasteiger partial charge in [0.2, 0.25) is 5.91 Å². The molecule has 0 saturated carbocycles. The molecular weight excluding hydrogens is 264 g/mol. The SMILES string of the molecule is CN(C)C(=O)CNCc1csc(Br)c1. The molecule has 1 N–H and O–H groups in total. The molecule has 1 aromatic rings. The summed E-state index contributed by atoms with van der Waals surface area (Å²) < 4.78 is 1.12. The summed E-state index contributed by atoms with van der Waals surface area (Å²) in [5.41, 5.74) is 1.20. The van der Waals surface area contributed by atoms with E-state index in [1.165, 1.54) is 5.56 Å². The molecular formula is C9H13BrN2OS. The predicted molar refractivity (Wildman–Crippen MR) is 62.4 cm³/mol. The molecule has 14 heavy (non-hydrogen) atoms. The Hall–Kier alpha value is -0.390. The summed E-state index contributed by atoms with van der Waals surface area (Å²) in [6, 6.07) is 2.05. The maximum atomic E-state index is 11.2. The second-order valence-electron chi connectivity index (χ2n) is 3.15. The lowest BCUT2D eigenvalue weighted by Crippen LogP contribution is -2.32. The lowest BCUT2D eigenvalue weighted by molar-refractivity contribution is -0.127. The number of nitrogens with zero attached hydrogens (tertiary/aromatic N) is 1. The van der Waals surface area contributed by atoms with E-state index < -0.39 is 0 Å². The van der Waals surface area contributed by atoms with Gasteiger partial charge in [-0.1, -0.05) is 0 Å². The van der Waals surface area contributed by atoms with Gasteiger partial charge in [-0.3, -0.25) is 4.79 Å². The van der Waals surface area contributed by atoms with Gasteiger partial charge >= 0.3 is 0 Å². The molecule has 1 aromatic heterocycles. The van der Waals surface area contributed by atoms with E-state index >= 15 is 0 Å². The van der Waals surface area contributed by atoms with Gasteiger partial charge in [0.25, 0.3) is 0 Å². The lowest BCUT2D eigenvalue weighted by atomic mass is 10.3. The topological polar surface area (TPSA) is 32.3 Å². The molecule has 0 aromatic carbocycles. The minimum absolute atomic E-state index is 0.0966. The first kappa shape index (κ1) is 11.7. The molecule has 0 aliphatic heterocycles. The lowest BCUT2D eigenvalue weighted by Gasteiger charge is -2.10. The molecule has 0 fully saturated rings. The zero-order valence-corrected chi connectivity index (χ0v) is 10.6. The summed E-state index contributed by atoms with van der Waals surface area (Å²) in [6.45, 7) is 1.13. The van der Waals surface area contributed by atoms with Gasteiger partial charge in [-0.15, -0.1) is 11.3 Å². The maximum absolute atomic E-state index is 11.2. The Bertz CT molecular complexity index is 312. The summed E-state index contributed by atoms with van der Waals surface area (Å²) in [4.78, 5) is 12.8. The Morgan fingerprint density at radius 1 is 1.64 bits per heavy atom. The average Bonchev–Trinajstić information content (AvgIpc) is 2.51. The maximum Gasteiger partial charge on any atom is 0.236 e. The van der Waals surface area contributed by atoms with Gasteiger partial charge in [-0.25, -0.2) is 0 Å². The highest BCUT2D eigenvalue weighted by atomic mass is 79.9. The van der Waals surface area contributed by atoms with E-state index in [-0.39, 0.29) is 5.91 Å². The summed E-state index contributed by atoms with van der Waals surface area (Å²) in [7, 11) is 3.51. The highest BCUT2D eigenvalue weighted by Gasteiger charge is 2.03. The number of halogens is 1. The van der Waals surface area contributed by atoms with Crippen LogP contribution in [0.15, 0.2) is 15.2 Å². The molecule has 5 heteroatoms. The fourth-order valence-electron chi connectivity index (χ4n) is 0.910. The Labute approximate surface area is 96.2 Å². The average molecular weight is 277 g/mol. The number of amides is 1. The van der Waals surface area contributed by atoms with Gasteiger partial charge in [-0.05, 0) is 32.9 Å². The normalized spacial score (nSPS) is 10.2. The minimum atomic E-state index is 0.0966. The second kappa shape index (κ2) is 5.48. The zero-order valence-electron chi connectivity index (χ0n) is 8.21. The van der Waals surface area contributed by atoms with Crippen LogP contribution in [0.3, 0.4) is 0 Å². The third-order valence-corrected chi connectivity index (χ3v) is 3.28. The molecule has 0 radical (unpaired) electrons. The molecule has 0 unspecified atom stereocenters. The number of rotatable bonds is 4. The fraction of sp³-hybridized carbons (Fsp3) is 0.444. The van der Waals surface area contributed by atoms with Crippen molar-refractivity contribution in [1.29, 1.82) is 0 Å². The molecule has 0 spiro atoms. The van der Waals surface area contributed by atoms with Crippen LogP contribution >= 0.6 is 27.3 Å². The van der Waals surface area contributed by atoms with E-state index in [2.05, 4.69) is 32.7 Å². The van der Waals surface area contributed by atoms with Crippen LogP contribution in [-0.2, 0) is 11.3 Å². The number of likely N-dealkylation sites (N-methyl/N-ethyl adjacent to an activating group) is 1. The van der Waals surface area contributed by atoms with E-state index in [9.17, 15) is 4.79 Å². The molecule has 78 valence electrons. The first-order valence-corrected chi connectivity index (χ1v) is 5.90. The standard InChI is InChI=1S/C9H13BrN2OS/c1-12(2)9(13)5-11-4-7-3-8(10)14-6-7/h3,6,11H,4-5H2,1-2H3. The second-order valence-corrected chi connectivity index (χ2v) is 5.44. The largest absolute Gasteiger partial charge is 0.348 e. The molecule has 1 heterocycles. The molecule has 0 saturated heterocycles. The molecule has 1 amide bonds. The molecule has 1 rings (SSSR count). The van der Waals surface area contributed by atoms with E-state index in [0.717, 1.165) is 10.3 Å².